The Hall–Kier alpha value is -2.78. The number of para-hydroxylation sites is 1. The highest BCUT2D eigenvalue weighted by molar-refractivity contribution is 5.81. The first-order valence-corrected chi connectivity index (χ1v) is 8.68. The number of rotatable bonds is 0. The van der Waals surface area contributed by atoms with Crippen molar-refractivity contribution in [2.45, 2.75) is 24.3 Å². The molecule has 5 rings (SSSR count). The number of anilines is 3. The molecule has 0 amide bonds. The topological polar surface area (TPSA) is 64.1 Å². The van der Waals surface area contributed by atoms with Gasteiger partial charge < -0.3 is 16.8 Å². The highest BCUT2D eigenvalue weighted by Crippen LogP contribution is 2.59. The number of hydrogen-bond donors (Lipinski definition) is 3. The monoisotopic (exact) mass is 327 g/mol. The molecule has 0 saturated heterocycles. The molecule has 1 spiro atoms. The number of benzene rings is 3. The molecule has 2 atom stereocenters. The molecule has 0 saturated carbocycles. The van der Waals surface area contributed by atoms with Crippen molar-refractivity contribution in [3.05, 3.63) is 89.0 Å². The molecule has 124 valence electrons. The fourth-order valence-corrected chi connectivity index (χ4v) is 4.85. The minimum atomic E-state index is -0.386. The van der Waals surface area contributed by atoms with Crippen LogP contribution >= 0.6 is 0 Å². The minimum absolute atomic E-state index is 0.271. The van der Waals surface area contributed by atoms with E-state index in [1.54, 1.807) is 0 Å². The van der Waals surface area contributed by atoms with Crippen LogP contribution in [0.25, 0.3) is 0 Å². The van der Waals surface area contributed by atoms with Gasteiger partial charge >= 0.3 is 0 Å². The van der Waals surface area contributed by atoms with Crippen molar-refractivity contribution in [2.24, 2.45) is 5.73 Å². The normalized spacial score (nSPS) is 25.8. The fourth-order valence-electron chi connectivity index (χ4n) is 4.85. The second kappa shape index (κ2) is 4.64. The van der Waals surface area contributed by atoms with Gasteiger partial charge in [0.05, 0.1) is 5.41 Å². The van der Waals surface area contributed by atoms with E-state index in [2.05, 4.69) is 72.9 Å². The van der Waals surface area contributed by atoms with Gasteiger partial charge in [-0.05, 0) is 59.9 Å². The molecule has 0 radical (unpaired) electrons. The Labute approximate surface area is 147 Å². The van der Waals surface area contributed by atoms with Gasteiger partial charge in [0.1, 0.15) is 0 Å². The van der Waals surface area contributed by atoms with Crippen LogP contribution in [0.3, 0.4) is 0 Å². The van der Waals surface area contributed by atoms with Crippen molar-refractivity contribution in [1.29, 1.82) is 0 Å². The Morgan fingerprint density at radius 2 is 1.44 bits per heavy atom. The van der Waals surface area contributed by atoms with Crippen LogP contribution in [0.1, 0.15) is 35.6 Å². The summed E-state index contributed by atoms with van der Waals surface area (Å²) in [5.74, 6) is 0. The van der Waals surface area contributed by atoms with Gasteiger partial charge in [0, 0.05) is 22.6 Å². The number of fused-ring (bicyclic) bond motifs is 6. The fraction of sp³-hybridized carbons (Fsp3) is 0.182. The number of nitrogen functional groups attached to an aromatic ring is 1. The van der Waals surface area contributed by atoms with E-state index in [9.17, 15) is 0 Å². The third-order valence-electron chi connectivity index (χ3n) is 5.79. The average Bonchev–Trinajstić information content (AvgIpc) is 2.85. The molecular weight excluding hydrogens is 306 g/mol. The SMILES string of the molecule is CC1(N)CC2(c3ccccc3Nc3ccc(N)cc32)c2ccccc21. The van der Waals surface area contributed by atoms with Gasteiger partial charge in [-0.2, -0.15) is 0 Å². The van der Waals surface area contributed by atoms with Crippen molar-refractivity contribution in [1.82, 2.24) is 0 Å². The first kappa shape index (κ1) is 14.6. The summed E-state index contributed by atoms with van der Waals surface area (Å²) in [6.45, 7) is 2.14. The number of nitrogens with one attached hydrogen (secondary N) is 1. The number of nitrogens with two attached hydrogens (primary N) is 2. The van der Waals surface area contributed by atoms with Gasteiger partial charge in [-0.3, -0.25) is 0 Å². The Balaban J connectivity index is 1.93. The van der Waals surface area contributed by atoms with Crippen LogP contribution in [0.4, 0.5) is 17.1 Å². The summed E-state index contributed by atoms with van der Waals surface area (Å²) in [6.07, 6.45) is 0.828. The van der Waals surface area contributed by atoms with Gasteiger partial charge in [0.15, 0.2) is 0 Å². The molecule has 2 unspecified atom stereocenters. The molecule has 3 heteroatoms. The highest BCUT2D eigenvalue weighted by atomic mass is 14.9. The molecule has 1 aliphatic carbocycles. The zero-order valence-electron chi connectivity index (χ0n) is 14.2. The molecule has 0 fully saturated rings. The molecule has 5 N–H and O–H groups in total. The Morgan fingerprint density at radius 1 is 0.800 bits per heavy atom. The summed E-state index contributed by atoms with van der Waals surface area (Å²) in [5, 5.41) is 3.58. The smallest absolute Gasteiger partial charge is 0.0517 e. The molecular formula is C22H21N3. The maximum Gasteiger partial charge on any atom is 0.0517 e. The van der Waals surface area contributed by atoms with Crippen molar-refractivity contribution in [3.8, 4) is 0 Å². The molecule has 1 aliphatic heterocycles. The lowest BCUT2D eigenvalue weighted by atomic mass is 9.66. The van der Waals surface area contributed by atoms with E-state index in [0.29, 0.717) is 0 Å². The summed E-state index contributed by atoms with van der Waals surface area (Å²) in [4.78, 5) is 0. The average molecular weight is 327 g/mol. The van der Waals surface area contributed by atoms with Crippen molar-refractivity contribution < 1.29 is 0 Å². The van der Waals surface area contributed by atoms with Crippen LogP contribution in [0.5, 0.6) is 0 Å². The maximum absolute atomic E-state index is 6.80. The summed E-state index contributed by atoms with van der Waals surface area (Å²) in [7, 11) is 0. The van der Waals surface area contributed by atoms with E-state index >= 15 is 0 Å². The minimum Gasteiger partial charge on any atom is -0.399 e. The van der Waals surface area contributed by atoms with E-state index in [4.69, 9.17) is 11.5 Å². The van der Waals surface area contributed by atoms with Crippen molar-refractivity contribution >= 4 is 17.1 Å². The lowest BCUT2D eigenvalue weighted by Crippen LogP contribution is -2.37. The Morgan fingerprint density at radius 3 is 2.24 bits per heavy atom. The molecule has 1 heterocycles. The summed E-state index contributed by atoms with van der Waals surface area (Å²) < 4.78 is 0. The van der Waals surface area contributed by atoms with Crippen LogP contribution in [-0.4, -0.2) is 0 Å². The second-order valence-corrected chi connectivity index (χ2v) is 7.52. The largest absolute Gasteiger partial charge is 0.399 e. The van der Waals surface area contributed by atoms with Gasteiger partial charge in [-0.15, -0.1) is 0 Å². The van der Waals surface area contributed by atoms with Crippen molar-refractivity contribution in [2.75, 3.05) is 11.1 Å². The Kier molecular flexibility index (Phi) is 2.70. The summed E-state index contributed by atoms with van der Waals surface area (Å²) in [6, 6.07) is 23.3. The Bertz CT molecular complexity index is 1010. The molecule has 3 aromatic rings. The molecule has 3 aromatic carbocycles. The van der Waals surface area contributed by atoms with E-state index in [0.717, 1.165) is 23.5 Å². The van der Waals surface area contributed by atoms with E-state index in [1.165, 1.54) is 22.3 Å². The van der Waals surface area contributed by atoms with E-state index in [1.807, 2.05) is 6.07 Å². The van der Waals surface area contributed by atoms with Crippen LogP contribution < -0.4 is 16.8 Å². The molecule has 25 heavy (non-hydrogen) atoms. The highest BCUT2D eigenvalue weighted by Gasteiger charge is 2.53. The van der Waals surface area contributed by atoms with E-state index < -0.39 is 0 Å². The van der Waals surface area contributed by atoms with E-state index in [-0.39, 0.29) is 11.0 Å². The van der Waals surface area contributed by atoms with Crippen LogP contribution in [0.2, 0.25) is 0 Å². The first-order chi connectivity index (χ1) is 12.0. The molecule has 0 bridgehead atoms. The standard InChI is InChI=1S/C22H21N3/c1-21(24)13-22(16-7-3-2-6-15(16)21)17-8-4-5-9-19(17)25-20-11-10-14(23)12-18(20)22/h2-12,25H,13,23-24H2,1H3. The first-order valence-electron chi connectivity index (χ1n) is 8.68. The predicted octanol–water partition coefficient (Wildman–Crippen LogP) is 4.24. The molecule has 0 aromatic heterocycles. The van der Waals surface area contributed by atoms with Gasteiger partial charge in [-0.1, -0.05) is 42.5 Å². The van der Waals surface area contributed by atoms with Crippen LogP contribution in [0, 0.1) is 0 Å². The van der Waals surface area contributed by atoms with Crippen LogP contribution in [0.15, 0.2) is 66.7 Å². The summed E-state index contributed by atoms with van der Waals surface area (Å²) >= 11 is 0. The maximum atomic E-state index is 6.80. The zero-order chi connectivity index (χ0) is 17.2. The molecule has 3 nitrogen and oxygen atoms in total. The lowest BCUT2D eigenvalue weighted by Gasteiger charge is -2.40. The van der Waals surface area contributed by atoms with Gasteiger partial charge in [-0.25, -0.2) is 0 Å². The van der Waals surface area contributed by atoms with Gasteiger partial charge in [0.2, 0.25) is 0 Å². The quantitative estimate of drug-likeness (QED) is 0.541. The van der Waals surface area contributed by atoms with Crippen molar-refractivity contribution in [3.63, 3.8) is 0 Å². The third-order valence-corrected chi connectivity index (χ3v) is 5.79. The van der Waals surface area contributed by atoms with Crippen LogP contribution in [-0.2, 0) is 11.0 Å². The summed E-state index contributed by atoms with van der Waals surface area (Å²) in [5.41, 5.74) is 20.4. The second-order valence-electron chi connectivity index (χ2n) is 7.52. The third kappa shape index (κ3) is 1.79. The lowest BCUT2D eigenvalue weighted by molar-refractivity contribution is 0.423. The zero-order valence-corrected chi connectivity index (χ0v) is 14.2. The van der Waals surface area contributed by atoms with Gasteiger partial charge in [0.25, 0.3) is 0 Å². The predicted molar refractivity (Wildman–Crippen MR) is 103 cm³/mol. The molecule has 2 aliphatic rings. The number of hydrogen-bond acceptors (Lipinski definition) is 3.